The Kier molecular flexibility index (Phi) is 1.82. The van der Waals surface area contributed by atoms with E-state index in [0.717, 1.165) is 4.90 Å². The first-order valence-electron chi connectivity index (χ1n) is 4.18. The molecule has 0 aromatic carbocycles. The molecule has 2 atom stereocenters. The largest absolute Gasteiger partial charge is 0.355 e. The standard InChI is InChI=1S/C9H9NO3/c1-2-5-10-8(11)6-3-4-7(13-6)9(10)12/h1,6-7H,3-5H2. The molecule has 2 amide bonds. The van der Waals surface area contributed by atoms with Gasteiger partial charge in [0.15, 0.2) is 0 Å². The van der Waals surface area contributed by atoms with Crippen molar-refractivity contribution in [3.63, 3.8) is 0 Å². The molecule has 0 N–H and O–H groups in total. The highest BCUT2D eigenvalue weighted by Gasteiger charge is 2.45. The van der Waals surface area contributed by atoms with Gasteiger partial charge in [-0.05, 0) is 12.8 Å². The number of morpholine rings is 1. The molecular formula is C9H9NO3. The SMILES string of the molecule is C#CCN1C(=O)C2CCC(O2)C1=O. The van der Waals surface area contributed by atoms with Crippen LogP contribution in [-0.2, 0) is 14.3 Å². The first-order chi connectivity index (χ1) is 6.24. The van der Waals surface area contributed by atoms with Gasteiger partial charge < -0.3 is 4.74 Å². The minimum Gasteiger partial charge on any atom is -0.355 e. The lowest BCUT2D eigenvalue weighted by Crippen LogP contribution is -2.51. The Balaban J connectivity index is 2.23. The van der Waals surface area contributed by atoms with E-state index in [2.05, 4.69) is 5.92 Å². The Bertz CT molecular complexity index is 282. The first kappa shape index (κ1) is 8.27. The normalized spacial score (nSPS) is 32.1. The van der Waals surface area contributed by atoms with E-state index in [1.165, 1.54) is 0 Å². The summed E-state index contributed by atoms with van der Waals surface area (Å²) in [6, 6.07) is 0. The molecule has 2 aliphatic heterocycles. The quantitative estimate of drug-likeness (QED) is 0.404. The molecule has 0 aromatic heterocycles. The third-order valence-corrected chi connectivity index (χ3v) is 2.35. The zero-order chi connectivity index (χ0) is 9.42. The van der Waals surface area contributed by atoms with E-state index in [4.69, 9.17) is 11.2 Å². The average molecular weight is 179 g/mol. The monoisotopic (exact) mass is 179 g/mol. The molecule has 4 nitrogen and oxygen atoms in total. The maximum Gasteiger partial charge on any atom is 0.259 e. The van der Waals surface area contributed by atoms with Crippen LogP contribution in [0.5, 0.6) is 0 Å². The Hall–Kier alpha value is -1.34. The van der Waals surface area contributed by atoms with Crippen molar-refractivity contribution in [2.45, 2.75) is 25.0 Å². The maximum atomic E-state index is 11.5. The van der Waals surface area contributed by atoms with Crippen LogP contribution in [0.1, 0.15) is 12.8 Å². The second kappa shape index (κ2) is 2.86. The number of rotatable bonds is 1. The number of amides is 2. The summed E-state index contributed by atoms with van der Waals surface area (Å²) in [6.07, 6.45) is 5.46. The van der Waals surface area contributed by atoms with Crippen LogP contribution in [0.15, 0.2) is 0 Å². The molecule has 2 unspecified atom stereocenters. The smallest absolute Gasteiger partial charge is 0.259 e. The van der Waals surface area contributed by atoms with Crippen LogP contribution in [0, 0.1) is 12.3 Å². The summed E-state index contributed by atoms with van der Waals surface area (Å²) in [6.45, 7) is 0.0635. The van der Waals surface area contributed by atoms with Crippen LogP contribution in [0.3, 0.4) is 0 Å². The number of imide groups is 1. The van der Waals surface area contributed by atoms with Gasteiger partial charge in [-0.15, -0.1) is 6.42 Å². The minimum absolute atomic E-state index is 0.0635. The van der Waals surface area contributed by atoms with Crippen molar-refractivity contribution in [2.24, 2.45) is 0 Å². The summed E-state index contributed by atoms with van der Waals surface area (Å²) in [4.78, 5) is 24.1. The van der Waals surface area contributed by atoms with Crippen molar-refractivity contribution in [3.8, 4) is 12.3 Å². The summed E-state index contributed by atoms with van der Waals surface area (Å²) in [5, 5.41) is 0. The fourth-order valence-corrected chi connectivity index (χ4v) is 1.70. The molecule has 2 bridgehead atoms. The van der Waals surface area contributed by atoms with Crippen LogP contribution in [-0.4, -0.2) is 35.5 Å². The van der Waals surface area contributed by atoms with E-state index in [1.807, 2.05) is 0 Å². The van der Waals surface area contributed by atoms with Gasteiger partial charge in [-0.2, -0.15) is 0 Å². The van der Waals surface area contributed by atoms with E-state index in [9.17, 15) is 9.59 Å². The highest BCUT2D eigenvalue weighted by molar-refractivity contribution is 6.02. The number of carbonyl (C=O) groups excluding carboxylic acids is 2. The van der Waals surface area contributed by atoms with Gasteiger partial charge in [0.1, 0.15) is 12.2 Å². The van der Waals surface area contributed by atoms with Crippen LogP contribution in [0.25, 0.3) is 0 Å². The van der Waals surface area contributed by atoms with E-state index in [0.29, 0.717) is 12.8 Å². The Morgan fingerprint density at radius 2 is 1.92 bits per heavy atom. The van der Waals surface area contributed by atoms with Crippen molar-refractivity contribution in [2.75, 3.05) is 6.54 Å². The van der Waals surface area contributed by atoms with E-state index < -0.39 is 12.2 Å². The lowest BCUT2D eigenvalue weighted by molar-refractivity contribution is -0.167. The van der Waals surface area contributed by atoms with Crippen LogP contribution >= 0.6 is 0 Å². The molecule has 0 spiro atoms. The van der Waals surface area contributed by atoms with Crippen molar-refractivity contribution >= 4 is 11.8 Å². The summed E-state index contributed by atoms with van der Waals surface area (Å²) in [5.41, 5.74) is 0. The molecule has 2 fully saturated rings. The van der Waals surface area contributed by atoms with Crippen LogP contribution in [0.2, 0.25) is 0 Å². The molecule has 0 aliphatic carbocycles. The molecule has 0 radical (unpaired) electrons. The Morgan fingerprint density at radius 3 is 2.38 bits per heavy atom. The number of hydrogen-bond acceptors (Lipinski definition) is 3. The number of nitrogens with zero attached hydrogens (tertiary/aromatic N) is 1. The second-order valence-corrected chi connectivity index (χ2v) is 3.16. The highest BCUT2D eigenvalue weighted by Crippen LogP contribution is 2.27. The fraction of sp³-hybridized carbons (Fsp3) is 0.556. The summed E-state index contributed by atoms with van der Waals surface area (Å²) >= 11 is 0. The Morgan fingerprint density at radius 1 is 1.38 bits per heavy atom. The molecule has 0 aromatic rings. The third-order valence-electron chi connectivity index (χ3n) is 2.35. The molecular weight excluding hydrogens is 170 g/mol. The van der Waals surface area contributed by atoms with Gasteiger partial charge >= 0.3 is 0 Å². The molecule has 2 aliphatic rings. The predicted octanol–water partition coefficient (Wildman–Crippen LogP) is -0.464. The highest BCUT2D eigenvalue weighted by atomic mass is 16.5. The van der Waals surface area contributed by atoms with Gasteiger partial charge in [-0.1, -0.05) is 5.92 Å². The van der Waals surface area contributed by atoms with Gasteiger partial charge in [0.25, 0.3) is 11.8 Å². The maximum absolute atomic E-state index is 11.5. The fourth-order valence-electron chi connectivity index (χ4n) is 1.70. The molecule has 2 rings (SSSR count). The third kappa shape index (κ3) is 1.12. The lowest BCUT2D eigenvalue weighted by Gasteiger charge is -2.28. The molecule has 68 valence electrons. The predicted molar refractivity (Wildman–Crippen MR) is 43.4 cm³/mol. The molecule has 2 heterocycles. The number of likely N-dealkylation sites (tertiary alicyclic amines) is 1. The van der Waals surface area contributed by atoms with Crippen LogP contribution < -0.4 is 0 Å². The van der Waals surface area contributed by atoms with Gasteiger partial charge in [0.05, 0.1) is 6.54 Å². The first-order valence-corrected chi connectivity index (χ1v) is 4.18. The average Bonchev–Trinajstić information content (AvgIpc) is 2.56. The van der Waals surface area contributed by atoms with Gasteiger partial charge in [-0.25, -0.2) is 0 Å². The molecule has 2 saturated heterocycles. The molecule has 4 heteroatoms. The van der Waals surface area contributed by atoms with Crippen molar-refractivity contribution in [1.82, 2.24) is 4.90 Å². The van der Waals surface area contributed by atoms with Crippen LogP contribution in [0.4, 0.5) is 0 Å². The van der Waals surface area contributed by atoms with Crippen molar-refractivity contribution in [1.29, 1.82) is 0 Å². The number of terminal acetylenes is 1. The van der Waals surface area contributed by atoms with E-state index >= 15 is 0 Å². The summed E-state index contributed by atoms with van der Waals surface area (Å²) < 4.78 is 5.19. The second-order valence-electron chi connectivity index (χ2n) is 3.16. The zero-order valence-corrected chi connectivity index (χ0v) is 7.03. The topological polar surface area (TPSA) is 46.6 Å². The number of carbonyl (C=O) groups is 2. The van der Waals surface area contributed by atoms with Gasteiger partial charge in [0.2, 0.25) is 0 Å². The lowest BCUT2D eigenvalue weighted by atomic mass is 10.2. The van der Waals surface area contributed by atoms with Crippen molar-refractivity contribution < 1.29 is 14.3 Å². The molecule has 0 saturated carbocycles. The minimum atomic E-state index is -0.434. The summed E-state index contributed by atoms with van der Waals surface area (Å²) in [7, 11) is 0. The van der Waals surface area contributed by atoms with Crippen molar-refractivity contribution in [3.05, 3.63) is 0 Å². The van der Waals surface area contributed by atoms with Gasteiger partial charge in [-0.3, -0.25) is 14.5 Å². The van der Waals surface area contributed by atoms with E-state index in [1.54, 1.807) is 0 Å². The summed E-state index contributed by atoms with van der Waals surface area (Å²) in [5.74, 6) is 1.73. The Labute approximate surface area is 75.8 Å². The molecule has 13 heavy (non-hydrogen) atoms. The van der Waals surface area contributed by atoms with E-state index in [-0.39, 0.29) is 18.4 Å². The zero-order valence-electron chi connectivity index (χ0n) is 7.03. The number of hydrogen-bond donors (Lipinski definition) is 0. The number of fused-ring (bicyclic) bond motifs is 2. The number of ether oxygens (including phenoxy) is 1. The van der Waals surface area contributed by atoms with Gasteiger partial charge in [0, 0.05) is 0 Å².